The summed E-state index contributed by atoms with van der Waals surface area (Å²) in [6, 6.07) is 0. The van der Waals surface area contributed by atoms with Gasteiger partial charge in [-0.05, 0) is 79.4 Å². The Morgan fingerprint density at radius 2 is 1.87 bits per heavy atom. The third kappa shape index (κ3) is 2.07. The van der Waals surface area contributed by atoms with E-state index in [4.69, 9.17) is 0 Å². The first-order chi connectivity index (χ1) is 10.9. The summed E-state index contributed by atoms with van der Waals surface area (Å²) in [4.78, 5) is 0. The first-order valence-electron chi connectivity index (χ1n) is 9.60. The van der Waals surface area contributed by atoms with Crippen molar-refractivity contribution in [2.75, 3.05) is 0 Å². The number of allylic oxidation sites excluding steroid dienone is 2. The van der Waals surface area contributed by atoms with Crippen LogP contribution in [0, 0.1) is 34.5 Å². The van der Waals surface area contributed by atoms with Crippen LogP contribution < -0.4 is 0 Å². The predicted molar refractivity (Wildman–Crippen MR) is 92.8 cm³/mol. The lowest BCUT2D eigenvalue weighted by Gasteiger charge is -2.58. The van der Waals surface area contributed by atoms with E-state index in [9.17, 15) is 10.2 Å². The summed E-state index contributed by atoms with van der Waals surface area (Å²) in [6.07, 6.45) is 11.7. The predicted octanol–water partition coefficient (Wildman–Crippen LogP) is 4.08. The Hall–Kier alpha value is -0.600. The van der Waals surface area contributed by atoms with E-state index in [0.717, 1.165) is 25.7 Å². The molecule has 4 rings (SSSR count). The van der Waals surface area contributed by atoms with Crippen molar-refractivity contribution in [3.8, 4) is 0 Å². The number of rotatable bonds is 1. The Labute approximate surface area is 140 Å². The van der Waals surface area contributed by atoms with Gasteiger partial charge in [0.1, 0.15) is 0 Å². The molecular weight excluding hydrogens is 284 g/mol. The van der Waals surface area contributed by atoms with Crippen molar-refractivity contribution in [2.45, 2.75) is 71.0 Å². The summed E-state index contributed by atoms with van der Waals surface area (Å²) in [5, 5.41) is 21.5. The van der Waals surface area contributed by atoms with Gasteiger partial charge in [-0.3, -0.25) is 0 Å². The lowest BCUT2D eigenvalue weighted by atomic mass is 9.47. The Bertz CT molecular complexity index is 538. The Morgan fingerprint density at radius 3 is 2.61 bits per heavy atom. The van der Waals surface area contributed by atoms with Gasteiger partial charge in [0.2, 0.25) is 0 Å². The molecule has 3 fully saturated rings. The van der Waals surface area contributed by atoms with Crippen LogP contribution in [0.2, 0.25) is 0 Å². The summed E-state index contributed by atoms with van der Waals surface area (Å²) in [5.74, 6) is 2.00. The van der Waals surface area contributed by atoms with Crippen LogP contribution in [0.3, 0.4) is 0 Å². The van der Waals surface area contributed by atoms with E-state index in [2.05, 4.69) is 32.6 Å². The van der Waals surface area contributed by atoms with Crippen LogP contribution in [0.25, 0.3) is 0 Å². The average Bonchev–Trinajstić information content (AvgIpc) is 2.83. The second kappa shape index (κ2) is 5.20. The molecule has 0 bridgehead atoms. The molecule has 2 heteroatoms. The molecule has 0 aromatic carbocycles. The normalized spacial score (nSPS) is 55.4. The van der Waals surface area contributed by atoms with Crippen molar-refractivity contribution in [1.82, 2.24) is 0 Å². The molecule has 2 nitrogen and oxygen atoms in total. The molecule has 3 saturated carbocycles. The molecule has 0 saturated heterocycles. The van der Waals surface area contributed by atoms with Gasteiger partial charge in [-0.25, -0.2) is 0 Å². The highest BCUT2D eigenvalue weighted by Crippen LogP contribution is 2.65. The highest BCUT2D eigenvalue weighted by molar-refractivity contribution is 5.28. The maximum Gasteiger partial charge on any atom is 0.0757 e. The average molecular weight is 316 g/mol. The zero-order valence-electron chi connectivity index (χ0n) is 14.7. The minimum absolute atomic E-state index is 0.0299. The topological polar surface area (TPSA) is 40.5 Å². The molecular formula is C21H32O2. The van der Waals surface area contributed by atoms with Crippen molar-refractivity contribution in [2.24, 2.45) is 34.5 Å². The molecule has 0 aromatic heterocycles. The molecule has 8 atom stereocenters. The molecule has 0 radical (unpaired) electrons. The first kappa shape index (κ1) is 15.9. The van der Waals surface area contributed by atoms with Crippen molar-refractivity contribution in [1.29, 1.82) is 0 Å². The second-order valence-electron chi connectivity index (χ2n) is 9.27. The van der Waals surface area contributed by atoms with Gasteiger partial charge < -0.3 is 10.2 Å². The lowest BCUT2D eigenvalue weighted by Crippen LogP contribution is -2.54. The molecule has 0 aliphatic heterocycles. The number of fused-ring (bicyclic) bond motifs is 5. The van der Waals surface area contributed by atoms with E-state index < -0.39 is 0 Å². The number of aliphatic hydroxyl groups excluding tert-OH is 2. The molecule has 0 spiro atoms. The lowest BCUT2D eigenvalue weighted by molar-refractivity contribution is -0.102. The van der Waals surface area contributed by atoms with Gasteiger partial charge in [-0.1, -0.05) is 31.6 Å². The standard InChI is InChI=1S/C21H32O2/c1-4-13-7-9-20(2)14(11-13)12-17(22)19-15-5-6-18(23)21(15,3)10-8-16(19)20/h4,12-13,15-19,22-23H,1,5-11H2,2-3H3/t13?,15-,16+,17?,18?,19-,20-,21-/m0/s1. The van der Waals surface area contributed by atoms with Crippen LogP contribution in [-0.2, 0) is 0 Å². The molecule has 0 heterocycles. The van der Waals surface area contributed by atoms with Crippen LogP contribution >= 0.6 is 0 Å². The molecule has 4 aliphatic carbocycles. The third-order valence-corrected chi connectivity index (χ3v) is 8.45. The van der Waals surface area contributed by atoms with Crippen LogP contribution in [0.5, 0.6) is 0 Å². The SMILES string of the molecule is C=CC1CC[C@@]2(C)C(=CC(O)[C@@H]3[C@H]2CC[C@]2(C)C(O)CC[C@@H]32)C1. The molecule has 23 heavy (non-hydrogen) atoms. The van der Waals surface area contributed by atoms with Crippen LogP contribution in [0.15, 0.2) is 24.3 Å². The van der Waals surface area contributed by atoms with Crippen LogP contribution in [0.1, 0.15) is 58.8 Å². The van der Waals surface area contributed by atoms with Gasteiger partial charge in [0.25, 0.3) is 0 Å². The van der Waals surface area contributed by atoms with Gasteiger partial charge in [0, 0.05) is 0 Å². The minimum Gasteiger partial charge on any atom is -0.393 e. The maximum absolute atomic E-state index is 11.0. The summed E-state index contributed by atoms with van der Waals surface area (Å²) < 4.78 is 0. The quantitative estimate of drug-likeness (QED) is 0.716. The number of hydrogen-bond acceptors (Lipinski definition) is 2. The second-order valence-corrected chi connectivity index (χ2v) is 9.27. The van der Waals surface area contributed by atoms with Crippen molar-refractivity contribution in [3.05, 3.63) is 24.3 Å². The fourth-order valence-electron chi connectivity index (χ4n) is 6.85. The van der Waals surface area contributed by atoms with Gasteiger partial charge >= 0.3 is 0 Å². The Kier molecular flexibility index (Phi) is 3.59. The van der Waals surface area contributed by atoms with Crippen molar-refractivity contribution < 1.29 is 10.2 Å². The van der Waals surface area contributed by atoms with E-state index in [1.807, 2.05) is 0 Å². The minimum atomic E-state index is -0.318. The van der Waals surface area contributed by atoms with E-state index in [1.54, 1.807) is 0 Å². The molecule has 3 unspecified atom stereocenters. The third-order valence-electron chi connectivity index (χ3n) is 8.45. The largest absolute Gasteiger partial charge is 0.393 e. The zero-order valence-corrected chi connectivity index (χ0v) is 14.7. The van der Waals surface area contributed by atoms with Crippen LogP contribution in [-0.4, -0.2) is 22.4 Å². The molecule has 0 aromatic rings. The Morgan fingerprint density at radius 1 is 1.09 bits per heavy atom. The summed E-state index contributed by atoms with van der Waals surface area (Å²) >= 11 is 0. The van der Waals surface area contributed by atoms with Gasteiger partial charge in [-0.2, -0.15) is 0 Å². The van der Waals surface area contributed by atoms with Crippen LogP contribution in [0.4, 0.5) is 0 Å². The van der Waals surface area contributed by atoms with Crippen molar-refractivity contribution >= 4 is 0 Å². The van der Waals surface area contributed by atoms with Gasteiger partial charge in [0.05, 0.1) is 12.2 Å². The molecule has 4 aliphatic rings. The zero-order chi connectivity index (χ0) is 16.4. The summed E-state index contributed by atoms with van der Waals surface area (Å²) in [6.45, 7) is 8.72. The maximum atomic E-state index is 11.0. The molecule has 2 N–H and O–H groups in total. The highest BCUT2D eigenvalue weighted by atomic mass is 16.3. The first-order valence-corrected chi connectivity index (χ1v) is 9.60. The van der Waals surface area contributed by atoms with E-state index in [1.165, 1.54) is 24.8 Å². The fourth-order valence-corrected chi connectivity index (χ4v) is 6.85. The molecule has 0 amide bonds. The smallest absolute Gasteiger partial charge is 0.0757 e. The fraction of sp³-hybridized carbons (Fsp3) is 0.810. The summed E-state index contributed by atoms with van der Waals surface area (Å²) in [7, 11) is 0. The van der Waals surface area contributed by atoms with E-state index in [0.29, 0.717) is 23.7 Å². The van der Waals surface area contributed by atoms with Gasteiger partial charge in [-0.15, -0.1) is 6.58 Å². The number of hydrogen-bond donors (Lipinski definition) is 2. The number of aliphatic hydroxyl groups is 2. The molecule has 128 valence electrons. The van der Waals surface area contributed by atoms with Crippen molar-refractivity contribution in [3.63, 3.8) is 0 Å². The monoisotopic (exact) mass is 316 g/mol. The van der Waals surface area contributed by atoms with Gasteiger partial charge in [0.15, 0.2) is 0 Å². The van der Waals surface area contributed by atoms with E-state index in [-0.39, 0.29) is 23.0 Å². The summed E-state index contributed by atoms with van der Waals surface area (Å²) in [5.41, 5.74) is 1.78. The highest BCUT2D eigenvalue weighted by Gasteiger charge is 2.60. The van der Waals surface area contributed by atoms with E-state index >= 15 is 0 Å². The Balaban J connectivity index is 1.71.